The number of hydrogen-bond donors (Lipinski definition) is 10. The van der Waals surface area contributed by atoms with Gasteiger partial charge >= 0.3 is 0 Å². The van der Waals surface area contributed by atoms with Gasteiger partial charge in [0.15, 0.2) is 0 Å². The van der Waals surface area contributed by atoms with Gasteiger partial charge in [0, 0.05) is 44.9 Å². The Labute approximate surface area is 573 Å². The van der Waals surface area contributed by atoms with E-state index in [-0.39, 0.29) is 57.5 Å². The molecule has 10 heteroatoms. The zero-order valence-electron chi connectivity index (χ0n) is 56.6. The van der Waals surface area contributed by atoms with E-state index in [1.165, 1.54) is 22.3 Å². The summed E-state index contributed by atoms with van der Waals surface area (Å²) < 4.78 is 0. The highest BCUT2D eigenvalue weighted by molar-refractivity contribution is 5.86. The largest absolute Gasteiger partial charge is 0.508 e. The van der Waals surface area contributed by atoms with E-state index in [0.29, 0.717) is 44.9 Å². The van der Waals surface area contributed by atoms with Gasteiger partial charge in [-0.1, -0.05) is 214 Å². The van der Waals surface area contributed by atoms with E-state index in [9.17, 15) is 51.1 Å². The van der Waals surface area contributed by atoms with Gasteiger partial charge in [0.2, 0.25) is 0 Å². The smallest absolute Gasteiger partial charge is 0.122 e. The van der Waals surface area contributed by atoms with Crippen LogP contribution in [0.1, 0.15) is 145 Å². The molecule has 2 aliphatic carbocycles. The van der Waals surface area contributed by atoms with Crippen LogP contribution >= 0.6 is 0 Å². The molecule has 0 unspecified atom stereocenters. The number of phenols is 10. The van der Waals surface area contributed by atoms with E-state index in [1.54, 1.807) is 36.4 Å². The summed E-state index contributed by atoms with van der Waals surface area (Å²) in [6, 6.07) is 66.1. The summed E-state index contributed by atoms with van der Waals surface area (Å²) in [6.45, 7) is 15.9. The van der Waals surface area contributed by atoms with E-state index in [0.717, 1.165) is 134 Å². The van der Waals surface area contributed by atoms with Crippen LogP contribution in [0.4, 0.5) is 0 Å². The molecule has 12 aromatic carbocycles. The van der Waals surface area contributed by atoms with Crippen molar-refractivity contribution in [3.63, 3.8) is 0 Å². The third-order valence-corrected chi connectivity index (χ3v) is 19.2. The monoisotopic (exact) mass is 1300 g/mol. The Morgan fingerprint density at radius 3 is 0.776 bits per heavy atom. The van der Waals surface area contributed by atoms with Gasteiger partial charge in [-0.05, 0) is 203 Å². The van der Waals surface area contributed by atoms with Crippen LogP contribution in [-0.2, 0) is 50.4 Å². The molecule has 10 nitrogen and oxygen atoms in total. The molecule has 10 N–H and O–H groups in total. The predicted octanol–water partition coefficient (Wildman–Crippen LogP) is 18.4. The lowest BCUT2D eigenvalue weighted by Gasteiger charge is -2.33. The van der Waals surface area contributed by atoms with Crippen molar-refractivity contribution >= 4 is 0 Å². The van der Waals surface area contributed by atoms with Gasteiger partial charge in [0.25, 0.3) is 0 Å². The lowest BCUT2D eigenvalue weighted by Crippen LogP contribution is -2.28. The van der Waals surface area contributed by atoms with Crippen LogP contribution in [0.3, 0.4) is 0 Å². The number of aromatic hydroxyl groups is 10. The summed E-state index contributed by atoms with van der Waals surface area (Å²) >= 11 is 0. The van der Waals surface area contributed by atoms with Crippen LogP contribution in [0.25, 0.3) is 11.1 Å². The number of benzene rings is 12. The van der Waals surface area contributed by atoms with Gasteiger partial charge in [-0.25, -0.2) is 0 Å². The Hall–Kier alpha value is -11.4. The Kier molecular flexibility index (Phi) is 18.6. The minimum Gasteiger partial charge on any atom is -0.508 e. The normalized spacial score (nSPS) is 12.5. The Bertz CT molecular complexity index is 4520. The average Bonchev–Trinajstić information content (AvgIpc) is 1.53. The van der Waals surface area contributed by atoms with Crippen molar-refractivity contribution in [2.75, 3.05) is 0 Å². The third-order valence-electron chi connectivity index (χ3n) is 19.2. The Morgan fingerprint density at radius 2 is 0.490 bits per heavy atom. The van der Waals surface area contributed by atoms with Gasteiger partial charge < -0.3 is 51.1 Å². The van der Waals surface area contributed by atoms with Crippen LogP contribution < -0.4 is 0 Å². The second kappa shape index (κ2) is 27.4. The first-order valence-electron chi connectivity index (χ1n) is 33.1. The number of phenolic OH excluding ortho intramolecular Hbond substituents is 10. The Morgan fingerprint density at radius 1 is 0.245 bits per heavy atom. The molecule has 0 spiro atoms. The number of aryl methyl sites for hydroxylation is 8. The van der Waals surface area contributed by atoms with E-state index >= 15 is 0 Å². The summed E-state index contributed by atoms with van der Waals surface area (Å²) in [5.41, 5.74) is 24.9. The van der Waals surface area contributed by atoms with E-state index < -0.39 is 5.41 Å². The van der Waals surface area contributed by atoms with E-state index in [1.807, 2.05) is 177 Å². The van der Waals surface area contributed by atoms with Crippen LogP contribution in [0.2, 0.25) is 0 Å². The van der Waals surface area contributed by atoms with E-state index in [4.69, 9.17) is 0 Å². The molecular weight excluding hydrogens is 1220 g/mol. The van der Waals surface area contributed by atoms with Gasteiger partial charge in [-0.2, -0.15) is 0 Å². The molecule has 0 saturated heterocycles. The molecule has 0 aromatic heterocycles. The maximum atomic E-state index is 11.2. The zero-order chi connectivity index (χ0) is 69.4. The molecule has 12 aromatic rings. The maximum Gasteiger partial charge on any atom is 0.122 e. The van der Waals surface area contributed by atoms with Crippen molar-refractivity contribution in [1.29, 1.82) is 0 Å². The molecule has 98 heavy (non-hydrogen) atoms. The molecule has 2 aliphatic rings. The quantitative estimate of drug-likeness (QED) is 0.0698. The highest BCUT2D eigenvalue weighted by atomic mass is 16.3. The first-order valence-corrected chi connectivity index (χ1v) is 33.1. The van der Waals surface area contributed by atoms with Crippen LogP contribution in [-0.4, -0.2) is 51.1 Å². The third kappa shape index (κ3) is 13.6. The standard InChI is InChI=1S/C32H32O4.C31H32O4.C25H18O2/c1-17-5-21-13-23-7-18(2)9-25(30(23)34)15-27-11-20(4)12-28(32(27)36)16-26-10-19(3)8-24(31(26)35)14-22(6-17)29(21)33;1-18-5-7-28(32)22(9-18)15-24-11-20(3)13-26(30(24)34)17-27-14-21(4)12-25(31(27)35)16-23-10-19(2)6-8-29(23)33;26-19-13-9-17(10-14-19)25(18-11-15-20(27)16-12-18)23-7-3-1-5-21(23)22-6-2-4-8-24(22)25/h5-12,33-36H,13-16H2,1-4H3;5-14,32-35H,15-17H2,1-4H3;1-16,26-27H. The second-order valence-electron chi connectivity index (χ2n) is 27.0. The molecule has 0 amide bonds. The SMILES string of the molecule is Cc1cc2c(O)c(c1)Cc1cc(C)cc(c1O)Cc1cc(C)cc(c1O)Cc1cc(C)cc(c1O)C2.Cc1ccc(O)c(Cc2cc(C)cc(Cc3cc(C)cc(Cc4cc(C)ccc4O)c3O)c2O)c1.Oc1ccc(C2(c3ccc(O)cc3)c3ccccc3-c3ccccc32)cc1. The fourth-order valence-corrected chi connectivity index (χ4v) is 14.8. The van der Waals surface area contributed by atoms with Crippen molar-refractivity contribution in [1.82, 2.24) is 0 Å². The summed E-state index contributed by atoms with van der Waals surface area (Å²) in [6.07, 6.45) is 2.67. The molecule has 494 valence electrons. The number of hydrogen-bond acceptors (Lipinski definition) is 10. The number of fused-ring (bicyclic) bond motifs is 11. The van der Waals surface area contributed by atoms with Crippen LogP contribution in [0.5, 0.6) is 57.5 Å². The molecule has 0 atom stereocenters. The van der Waals surface area contributed by atoms with Crippen LogP contribution in [0.15, 0.2) is 206 Å². The minimum absolute atomic E-state index is 0.176. The van der Waals surface area contributed by atoms with E-state index in [2.05, 4.69) is 48.5 Å². The number of rotatable bonds is 8. The van der Waals surface area contributed by atoms with Crippen molar-refractivity contribution in [2.45, 2.75) is 106 Å². The fourth-order valence-electron chi connectivity index (χ4n) is 14.8. The Balaban J connectivity index is 0.000000141. The van der Waals surface area contributed by atoms with Gasteiger partial charge in [-0.3, -0.25) is 0 Å². The summed E-state index contributed by atoms with van der Waals surface area (Å²) in [5.74, 6) is 2.03. The highest BCUT2D eigenvalue weighted by Gasteiger charge is 2.46. The van der Waals surface area contributed by atoms with Crippen molar-refractivity contribution < 1.29 is 51.1 Å². The average molecular weight is 1300 g/mol. The summed E-state index contributed by atoms with van der Waals surface area (Å²) in [4.78, 5) is 0. The van der Waals surface area contributed by atoms with Crippen molar-refractivity contribution in [3.05, 3.63) is 351 Å². The van der Waals surface area contributed by atoms with Gasteiger partial charge in [0.05, 0.1) is 5.41 Å². The summed E-state index contributed by atoms with van der Waals surface area (Å²) in [7, 11) is 0. The first-order chi connectivity index (χ1) is 46.9. The van der Waals surface area contributed by atoms with Crippen molar-refractivity contribution in [3.8, 4) is 68.6 Å². The molecule has 8 bridgehead atoms. The predicted molar refractivity (Wildman–Crippen MR) is 389 cm³/mol. The van der Waals surface area contributed by atoms with Crippen molar-refractivity contribution in [2.24, 2.45) is 0 Å². The molecule has 14 rings (SSSR count). The highest BCUT2D eigenvalue weighted by Crippen LogP contribution is 2.56. The minimum atomic E-state index is -0.491. The maximum absolute atomic E-state index is 11.2. The fraction of sp³-hybridized carbons (Fsp3) is 0.182. The lowest BCUT2D eigenvalue weighted by atomic mass is 9.68. The summed E-state index contributed by atoms with van der Waals surface area (Å²) in [5, 5.41) is 107. The van der Waals surface area contributed by atoms with Gasteiger partial charge in [-0.15, -0.1) is 0 Å². The molecule has 0 heterocycles. The topological polar surface area (TPSA) is 202 Å². The zero-order valence-corrected chi connectivity index (χ0v) is 56.6. The molecule has 0 aliphatic heterocycles. The molecule has 0 radical (unpaired) electrons. The lowest BCUT2D eigenvalue weighted by molar-refractivity contribution is 0.449. The first kappa shape index (κ1) is 66.7. The molecular formula is C88H82O10. The second-order valence-corrected chi connectivity index (χ2v) is 27.0. The van der Waals surface area contributed by atoms with Crippen LogP contribution in [0, 0.1) is 55.4 Å². The molecule has 0 saturated carbocycles. The molecule has 0 fully saturated rings. The van der Waals surface area contributed by atoms with Gasteiger partial charge in [0.1, 0.15) is 57.5 Å².